The van der Waals surface area contributed by atoms with Gasteiger partial charge in [0.15, 0.2) is 5.65 Å². The highest BCUT2D eigenvalue weighted by molar-refractivity contribution is 7.15. The highest BCUT2D eigenvalue weighted by Crippen LogP contribution is 2.31. The fraction of sp³-hybridized carbons (Fsp3) is 0.333. The van der Waals surface area contributed by atoms with E-state index in [4.69, 9.17) is 4.98 Å². The summed E-state index contributed by atoms with van der Waals surface area (Å²) in [5.74, 6) is 0.500. The van der Waals surface area contributed by atoms with E-state index in [9.17, 15) is 4.79 Å². The van der Waals surface area contributed by atoms with Crippen molar-refractivity contribution in [2.45, 2.75) is 46.7 Å². The number of nitrogens with zero attached hydrogens (tertiary/aromatic N) is 5. The molecule has 0 radical (unpaired) electrons. The van der Waals surface area contributed by atoms with E-state index in [2.05, 4.69) is 49.3 Å². The van der Waals surface area contributed by atoms with Crippen LogP contribution in [0.5, 0.6) is 0 Å². The topological polar surface area (TPSA) is 77.6 Å². The molecule has 8 heteroatoms. The van der Waals surface area contributed by atoms with Gasteiger partial charge in [-0.2, -0.15) is 10.2 Å². The van der Waals surface area contributed by atoms with Crippen LogP contribution in [-0.4, -0.2) is 30.5 Å². The van der Waals surface area contributed by atoms with E-state index in [1.165, 1.54) is 4.88 Å². The zero-order valence-electron chi connectivity index (χ0n) is 17.0. The summed E-state index contributed by atoms with van der Waals surface area (Å²) in [4.78, 5) is 20.3. The molecule has 0 fully saturated rings. The fourth-order valence-corrected chi connectivity index (χ4v) is 4.12. The number of carbonyl (C=O) groups is 1. The van der Waals surface area contributed by atoms with Crippen LogP contribution in [0.2, 0.25) is 0 Å². The number of pyridine rings is 1. The SMILES string of the molecule is CCCn1nccc1NC(=O)c1cc(-c2ccc(C)s2)nc2c1cnn2C(C)C. The minimum atomic E-state index is -0.187. The quantitative estimate of drug-likeness (QED) is 0.492. The molecule has 0 bridgehead atoms. The number of fused-ring (bicyclic) bond motifs is 1. The van der Waals surface area contributed by atoms with Crippen LogP contribution in [0.25, 0.3) is 21.6 Å². The Morgan fingerprint density at radius 1 is 1.24 bits per heavy atom. The molecule has 7 nitrogen and oxygen atoms in total. The van der Waals surface area contributed by atoms with Crippen molar-refractivity contribution in [2.24, 2.45) is 0 Å². The first kappa shape index (κ1) is 19.3. The van der Waals surface area contributed by atoms with Crippen LogP contribution >= 0.6 is 11.3 Å². The van der Waals surface area contributed by atoms with Gasteiger partial charge in [-0.3, -0.25) is 4.79 Å². The number of amides is 1. The predicted molar refractivity (Wildman–Crippen MR) is 116 cm³/mol. The molecule has 0 aliphatic carbocycles. The Morgan fingerprint density at radius 2 is 2.07 bits per heavy atom. The second kappa shape index (κ2) is 7.79. The molecule has 0 atom stereocenters. The van der Waals surface area contributed by atoms with Crippen molar-refractivity contribution in [2.75, 3.05) is 5.32 Å². The maximum absolute atomic E-state index is 13.2. The summed E-state index contributed by atoms with van der Waals surface area (Å²) in [6.07, 6.45) is 4.36. The normalized spacial score (nSPS) is 11.5. The molecule has 0 saturated carbocycles. The lowest BCUT2D eigenvalue weighted by Crippen LogP contribution is -2.16. The predicted octanol–water partition coefficient (Wildman–Crippen LogP) is 4.91. The number of thiophene rings is 1. The molecule has 1 N–H and O–H groups in total. The van der Waals surface area contributed by atoms with Crippen LogP contribution in [0, 0.1) is 6.92 Å². The summed E-state index contributed by atoms with van der Waals surface area (Å²) in [5, 5.41) is 12.5. The van der Waals surface area contributed by atoms with Gasteiger partial charge < -0.3 is 5.32 Å². The van der Waals surface area contributed by atoms with E-state index in [0.29, 0.717) is 11.4 Å². The molecular weight excluding hydrogens is 384 g/mol. The molecule has 150 valence electrons. The number of aryl methyl sites for hydroxylation is 2. The standard InChI is InChI=1S/C21H24N6OS/c1-5-10-26-19(8-9-22-26)25-21(28)15-11-17(18-7-6-14(4)29-18)24-20-16(15)12-23-27(20)13(2)3/h6-9,11-13H,5,10H2,1-4H3,(H,25,28). The third-order valence-electron chi connectivity index (χ3n) is 4.69. The Balaban J connectivity index is 1.81. The molecule has 0 aliphatic rings. The van der Waals surface area contributed by atoms with Crippen LogP contribution in [0.1, 0.15) is 48.5 Å². The maximum Gasteiger partial charge on any atom is 0.257 e. The molecule has 0 aromatic carbocycles. The van der Waals surface area contributed by atoms with Gasteiger partial charge >= 0.3 is 0 Å². The summed E-state index contributed by atoms with van der Waals surface area (Å²) in [6.45, 7) is 9.00. The van der Waals surface area contributed by atoms with Crippen LogP contribution < -0.4 is 5.32 Å². The smallest absolute Gasteiger partial charge is 0.257 e. The fourth-order valence-electron chi connectivity index (χ4n) is 3.29. The minimum absolute atomic E-state index is 0.141. The van der Waals surface area contributed by atoms with Gasteiger partial charge in [-0.1, -0.05) is 6.92 Å². The molecular formula is C21H24N6OS. The van der Waals surface area contributed by atoms with Gasteiger partial charge in [-0.15, -0.1) is 11.3 Å². The molecule has 4 heterocycles. The number of rotatable bonds is 6. The van der Waals surface area contributed by atoms with Gasteiger partial charge in [0.1, 0.15) is 5.82 Å². The lowest BCUT2D eigenvalue weighted by atomic mass is 10.1. The van der Waals surface area contributed by atoms with Crippen LogP contribution in [-0.2, 0) is 6.54 Å². The van der Waals surface area contributed by atoms with E-state index < -0.39 is 0 Å². The van der Waals surface area contributed by atoms with Crippen LogP contribution in [0.3, 0.4) is 0 Å². The summed E-state index contributed by atoms with van der Waals surface area (Å²) in [7, 11) is 0. The van der Waals surface area contributed by atoms with Gasteiger partial charge in [0, 0.05) is 23.5 Å². The van der Waals surface area contributed by atoms with E-state index in [-0.39, 0.29) is 11.9 Å². The molecule has 4 rings (SSSR count). The Kier molecular flexibility index (Phi) is 5.19. The Hall–Kier alpha value is -3.00. The van der Waals surface area contributed by atoms with Crippen molar-refractivity contribution in [3.63, 3.8) is 0 Å². The van der Waals surface area contributed by atoms with Gasteiger partial charge in [0.25, 0.3) is 5.91 Å². The highest BCUT2D eigenvalue weighted by atomic mass is 32.1. The zero-order valence-corrected chi connectivity index (χ0v) is 17.8. The molecule has 4 aromatic rings. The molecule has 0 saturated heterocycles. The molecule has 0 aliphatic heterocycles. The molecule has 0 spiro atoms. The second-order valence-corrected chi connectivity index (χ2v) is 8.57. The summed E-state index contributed by atoms with van der Waals surface area (Å²) in [6, 6.07) is 7.92. The van der Waals surface area contributed by atoms with E-state index >= 15 is 0 Å². The number of carbonyl (C=O) groups excluding carboxylic acids is 1. The van der Waals surface area contributed by atoms with Gasteiger partial charge in [0.2, 0.25) is 0 Å². The first-order valence-electron chi connectivity index (χ1n) is 9.76. The van der Waals surface area contributed by atoms with E-state index in [1.807, 2.05) is 22.9 Å². The van der Waals surface area contributed by atoms with Crippen molar-refractivity contribution >= 4 is 34.1 Å². The molecule has 1 amide bonds. The lowest BCUT2D eigenvalue weighted by Gasteiger charge is -2.11. The summed E-state index contributed by atoms with van der Waals surface area (Å²) < 4.78 is 3.66. The first-order chi connectivity index (χ1) is 14.0. The van der Waals surface area contributed by atoms with Gasteiger partial charge in [-0.25, -0.2) is 14.3 Å². The number of hydrogen-bond acceptors (Lipinski definition) is 5. The third-order valence-corrected chi connectivity index (χ3v) is 5.71. The molecule has 29 heavy (non-hydrogen) atoms. The van der Waals surface area contributed by atoms with Crippen molar-refractivity contribution in [1.82, 2.24) is 24.5 Å². The highest BCUT2D eigenvalue weighted by Gasteiger charge is 2.20. The summed E-state index contributed by atoms with van der Waals surface area (Å²) >= 11 is 1.66. The van der Waals surface area contributed by atoms with Crippen LogP contribution in [0.15, 0.2) is 36.7 Å². The number of anilines is 1. The average molecular weight is 409 g/mol. The van der Waals surface area contributed by atoms with Crippen molar-refractivity contribution in [3.05, 3.63) is 47.1 Å². The van der Waals surface area contributed by atoms with Gasteiger partial charge in [-0.05, 0) is 45.4 Å². The largest absolute Gasteiger partial charge is 0.307 e. The summed E-state index contributed by atoms with van der Waals surface area (Å²) in [5.41, 5.74) is 2.06. The monoisotopic (exact) mass is 408 g/mol. The number of nitrogens with one attached hydrogen (secondary N) is 1. The van der Waals surface area contributed by atoms with Crippen molar-refractivity contribution in [3.8, 4) is 10.6 Å². The van der Waals surface area contributed by atoms with Gasteiger partial charge in [0.05, 0.1) is 33.9 Å². The maximum atomic E-state index is 13.2. The van der Waals surface area contributed by atoms with Crippen molar-refractivity contribution < 1.29 is 4.79 Å². The first-order valence-corrected chi connectivity index (χ1v) is 10.6. The number of aromatic nitrogens is 5. The Bertz CT molecular complexity index is 1170. The van der Waals surface area contributed by atoms with Crippen molar-refractivity contribution in [1.29, 1.82) is 0 Å². The number of hydrogen-bond donors (Lipinski definition) is 1. The Morgan fingerprint density at radius 3 is 2.76 bits per heavy atom. The molecule has 0 unspecified atom stereocenters. The van der Waals surface area contributed by atoms with Crippen LogP contribution in [0.4, 0.5) is 5.82 Å². The van der Waals surface area contributed by atoms with E-state index in [1.54, 1.807) is 28.4 Å². The Labute approximate surface area is 173 Å². The minimum Gasteiger partial charge on any atom is -0.307 e. The zero-order chi connectivity index (χ0) is 20.5. The average Bonchev–Trinajstić information content (AvgIpc) is 3.41. The lowest BCUT2D eigenvalue weighted by molar-refractivity contribution is 0.102. The third kappa shape index (κ3) is 3.67. The molecule has 4 aromatic heterocycles. The van der Waals surface area contributed by atoms with E-state index in [0.717, 1.165) is 34.6 Å². The second-order valence-electron chi connectivity index (χ2n) is 7.28.